The molecule has 0 saturated heterocycles. The largest absolute Gasteiger partial charge is 0.351 e. The van der Waals surface area contributed by atoms with Crippen molar-refractivity contribution in [1.82, 2.24) is 5.32 Å². The highest BCUT2D eigenvalue weighted by atomic mass is 32.1. The molecule has 3 amide bonds. The molecule has 0 aliphatic carbocycles. The fraction of sp³-hybridized carbons (Fsp3) is 0.235. The molecular weight excluding hydrogens is 326 g/mol. The van der Waals surface area contributed by atoms with Crippen LogP contribution in [-0.4, -0.2) is 31.3 Å². The van der Waals surface area contributed by atoms with E-state index >= 15 is 0 Å². The maximum absolute atomic E-state index is 12.7. The number of nitrogens with zero attached hydrogens (tertiary/aromatic N) is 1. The number of anilines is 2. The zero-order valence-corrected chi connectivity index (χ0v) is 14.0. The van der Waals surface area contributed by atoms with E-state index in [0.717, 1.165) is 24.1 Å². The van der Waals surface area contributed by atoms with E-state index in [9.17, 15) is 14.4 Å². The van der Waals surface area contributed by atoms with Crippen LogP contribution < -0.4 is 15.5 Å². The second-order valence-electron chi connectivity index (χ2n) is 5.41. The summed E-state index contributed by atoms with van der Waals surface area (Å²) in [5.74, 6) is -1.48. The van der Waals surface area contributed by atoms with Gasteiger partial charge in [-0.1, -0.05) is 12.1 Å². The van der Waals surface area contributed by atoms with Gasteiger partial charge in [-0.3, -0.25) is 14.4 Å². The van der Waals surface area contributed by atoms with Gasteiger partial charge in [0.05, 0.1) is 4.88 Å². The average molecular weight is 343 g/mol. The molecule has 2 heterocycles. The monoisotopic (exact) mass is 343 g/mol. The van der Waals surface area contributed by atoms with Crippen molar-refractivity contribution in [3.8, 4) is 0 Å². The van der Waals surface area contributed by atoms with Crippen LogP contribution in [0.1, 0.15) is 21.7 Å². The molecule has 2 aromatic rings. The Morgan fingerprint density at radius 3 is 2.71 bits per heavy atom. The van der Waals surface area contributed by atoms with E-state index in [1.807, 2.05) is 17.5 Å². The van der Waals surface area contributed by atoms with Crippen molar-refractivity contribution in [2.45, 2.75) is 12.8 Å². The first-order valence-corrected chi connectivity index (χ1v) is 8.49. The standard InChI is InChI=1S/C17H17N3O3S/c1-18-15(21)16(22)19-12-7-6-11-4-2-8-20(13(11)10-12)17(23)14-5-3-9-24-14/h3,5-7,9-10H,2,4,8H2,1H3,(H,18,21)(H,19,22). The van der Waals surface area contributed by atoms with Crippen LogP contribution in [0.5, 0.6) is 0 Å². The van der Waals surface area contributed by atoms with Crippen molar-refractivity contribution < 1.29 is 14.4 Å². The van der Waals surface area contributed by atoms with E-state index in [2.05, 4.69) is 10.6 Å². The Labute approximate surface area is 143 Å². The normalized spacial score (nSPS) is 13.1. The zero-order chi connectivity index (χ0) is 17.1. The quantitative estimate of drug-likeness (QED) is 0.819. The topological polar surface area (TPSA) is 78.5 Å². The number of hydrogen-bond acceptors (Lipinski definition) is 4. The maximum Gasteiger partial charge on any atom is 0.313 e. The highest BCUT2D eigenvalue weighted by Gasteiger charge is 2.25. The number of amides is 3. The zero-order valence-electron chi connectivity index (χ0n) is 13.2. The Morgan fingerprint density at radius 2 is 2.00 bits per heavy atom. The number of likely N-dealkylation sites (N-methyl/N-ethyl adjacent to an activating group) is 1. The predicted molar refractivity (Wildman–Crippen MR) is 93.5 cm³/mol. The second kappa shape index (κ2) is 6.84. The molecule has 0 saturated carbocycles. The Morgan fingerprint density at radius 1 is 1.17 bits per heavy atom. The van der Waals surface area contributed by atoms with Crippen LogP contribution in [-0.2, 0) is 16.0 Å². The highest BCUT2D eigenvalue weighted by molar-refractivity contribution is 7.12. The summed E-state index contributed by atoms with van der Waals surface area (Å²) in [6.07, 6.45) is 1.78. The van der Waals surface area contributed by atoms with Crippen LogP contribution in [0.3, 0.4) is 0 Å². The lowest BCUT2D eigenvalue weighted by molar-refractivity contribution is -0.135. The van der Waals surface area contributed by atoms with Crippen molar-refractivity contribution >= 4 is 40.4 Å². The number of nitrogens with one attached hydrogen (secondary N) is 2. The van der Waals surface area contributed by atoms with Crippen LogP contribution >= 0.6 is 11.3 Å². The molecule has 1 aliphatic heterocycles. The summed E-state index contributed by atoms with van der Waals surface area (Å²) in [5.41, 5.74) is 2.34. The van der Waals surface area contributed by atoms with E-state index < -0.39 is 11.8 Å². The summed E-state index contributed by atoms with van der Waals surface area (Å²) >= 11 is 1.41. The maximum atomic E-state index is 12.7. The molecule has 1 aliphatic rings. The van der Waals surface area contributed by atoms with Crippen LogP contribution in [0, 0.1) is 0 Å². The van der Waals surface area contributed by atoms with Crippen LogP contribution in [0.4, 0.5) is 11.4 Å². The number of fused-ring (bicyclic) bond motifs is 1. The van der Waals surface area contributed by atoms with E-state index in [4.69, 9.17) is 0 Å². The van der Waals surface area contributed by atoms with Crippen molar-refractivity contribution in [2.24, 2.45) is 0 Å². The third-order valence-corrected chi connectivity index (χ3v) is 4.73. The Hall–Kier alpha value is -2.67. The summed E-state index contributed by atoms with van der Waals surface area (Å²) in [5, 5.41) is 6.70. The molecule has 1 aromatic carbocycles. The molecule has 0 spiro atoms. The number of aryl methyl sites for hydroxylation is 1. The first-order valence-electron chi connectivity index (χ1n) is 7.61. The lowest BCUT2D eigenvalue weighted by Crippen LogP contribution is -2.35. The van der Waals surface area contributed by atoms with Gasteiger partial charge in [-0.25, -0.2) is 0 Å². The van der Waals surface area contributed by atoms with Crippen LogP contribution in [0.2, 0.25) is 0 Å². The van der Waals surface area contributed by atoms with Gasteiger partial charge in [0.25, 0.3) is 5.91 Å². The van der Waals surface area contributed by atoms with Gasteiger partial charge in [-0.05, 0) is 42.0 Å². The van der Waals surface area contributed by atoms with Gasteiger partial charge < -0.3 is 15.5 Å². The minimum Gasteiger partial charge on any atom is -0.351 e. The van der Waals surface area contributed by atoms with Gasteiger partial charge in [0, 0.05) is 25.0 Å². The third kappa shape index (κ3) is 3.16. The molecule has 124 valence electrons. The van der Waals surface area contributed by atoms with Crippen molar-refractivity contribution in [3.63, 3.8) is 0 Å². The first kappa shape index (κ1) is 16.2. The number of rotatable bonds is 2. The Bertz CT molecular complexity index is 786. The Balaban J connectivity index is 1.88. The minimum absolute atomic E-state index is 0.0410. The van der Waals surface area contributed by atoms with E-state index in [1.54, 1.807) is 23.1 Å². The van der Waals surface area contributed by atoms with Crippen LogP contribution in [0.25, 0.3) is 0 Å². The number of thiophene rings is 1. The molecule has 24 heavy (non-hydrogen) atoms. The molecule has 0 unspecified atom stereocenters. The third-order valence-electron chi connectivity index (χ3n) is 3.87. The molecule has 0 fully saturated rings. The molecule has 2 N–H and O–H groups in total. The molecule has 3 rings (SSSR count). The SMILES string of the molecule is CNC(=O)C(=O)Nc1ccc2c(c1)N(C(=O)c1cccs1)CCC2. The summed E-state index contributed by atoms with van der Waals surface area (Å²) in [6, 6.07) is 9.05. The molecule has 1 aromatic heterocycles. The van der Waals surface area contributed by atoms with E-state index in [-0.39, 0.29) is 5.91 Å². The van der Waals surface area contributed by atoms with Gasteiger partial charge in [-0.15, -0.1) is 11.3 Å². The van der Waals surface area contributed by atoms with E-state index in [1.165, 1.54) is 18.4 Å². The number of carbonyl (C=O) groups excluding carboxylic acids is 3. The van der Waals surface area contributed by atoms with Gasteiger partial charge in [-0.2, -0.15) is 0 Å². The van der Waals surface area contributed by atoms with Gasteiger partial charge >= 0.3 is 11.8 Å². The van der Waals surface area contributed by atoms with Gasteiger partial charge in [0.1, 0.15) is 0 Å². The van der Waals surface area contributed by atoms with Crippen molar-refractivity contribution in [3.05, 3.63) is 46.2 Å². The average Bonchev–Trinajstić information content (AvgIpc) is 3.14. The lowest BCUT2D eigenvalue weighted by Gasteiger charge is -2.29. The molecule has 0 bridgehead atoms. The highest BCUT2D eigenvalue weighted by Crippen LogP contribution is 2.31. The van der Waals surface area contributed by atoms with E-state index in [0.29, 0.717) is 17.1 Å². The summed E-state index contributed by atoms with van der Waals surface area (Å²) < 4.78 is 0. The predicted octanol–water partition coefficient (Wildman–Crippen LogP) is 2.03. The molecular formula is C17H17N3O3S. The first-order chi connectivity index (χ1) is 11.6. The number of carbonyl (C=O) groups is 3. The molecule has 0 atom stereocenters. The molecule has 6 nitrogen and oxygen atoms in total. The number of benzene rings is 1. The molecule has 7 heteroatoms. The van der Waals surface area contributed by atoms with Crippen LogP contribution in [0.15, 0.2) is 35.7 Å². The number of hydrogen-bond donors (Lipinski definition) is 2. The summed E-state index contributed by atoms with van der Waals surface area (Å²) in [7, 11) is 1.40. The molecule has 0 radical (unpaired) electrons. The van der Waals surface area contributed by atoms with Gasteiger partial charge in [0.15, 0.2) is 0 Å². The lowest BCUT2D eigenvalue weighted by atomic mass is 10.0. The van der Waals surface area contributed by atoms with Crippen molar-refractivity contribution in [1.29, 1.82) is 0 Å². The fourth-order valence-electron chi connectivity index (χ4n) is 2.70. The fourth-order valence-corrected chi connectivity index (χ4v) is 3.37. The second-order valence-corrected chi connectivity index (χ2v) is 6.36. The van der Waals surface area contributed by atoms with Gasteiger partial charge in [0.2, 0.25) is 0 Å². The summed E-state index contributed by atoms with van der Waals surface area (Å²) in [6.45, 7) is 0.635. The summed E-state index contributed by atoms with van der Waals surface area (Å²) in [4.78, 5) is 38.2. The van der Waals surface area contributed by atoms with Crippen molar-refractivity contribution in [2.75, 3.05) is 23.8 Å². The smallest absolute Gasteiger partial charge is 0.313 e. The Kier molecular flexibility index (Phi) is 4.61. The minimum atomic E-state index is -0.732.